The van der Waals surface area contributed by atoms with Gasteiger partial charge in [-0.15, -0.1) is 0 Å². The second-order valence-electron chi connectivity index (χ2n) is 5.12. The van der Waals surface area contributed by atoms with Gasteiger partial charge in [-0.1, -0.05) is 23.2 Å². The van der Waals surface area contributed by atoms with E-state index in [1.807, 2.05) is 11.0 Å². The number of benzene rings is 1. The molecule has 0 aromatic heterocycles. The Kier molecular flexibility index (Phi) is 3.32. The fourth-order valence-electron chi connectivity index (χ4n) is 3.17. The molecule has 19 heavy (non-hydrogen) atoms. The van der Waals surface area contributed by atoms with Gasteiger partial charge in [0.2, 0.25) is 5.91 Å². The molecule has 2 aliphatic rings. The molecule has 1 aliphatic carbocycles. The molecule has 0 N–H and O–H groups in total. The number of halogens is 2. The lowest BCUT2D eigenvalue weighted by atomic mass is 9.84. The minimum absolute atomic E-state index is 0.126. The number of hydrogen-bond donors (Lipinski definition) is 0. The zero-order chi connectivity index (χ0) is 13.6. The van der Waals surface area contributed by atoms with Crippen LogP contribution in [0, 0.1) is 0 Å². The van der Waals surface area contributed by atoms with Gasteiger partial charge in [0.15, 0.2) is 0 Å². The highest BCUT2D eigenvalue weighted by Crippen LogP contribution is 2.43. The second-order valence-corrected chi connectivity index (χ2v) is 5.96. The number of allylic oxidation sites excluding steroid dienone is 2. The third-order valence-corrected chi connectivity index (χ3v) is 4.45. The van der Waals surface area contributed by atoms with E-state index in [0.717, 1.165) is 43.5 Å². The van der Waals surface area contributed by atoms with E-state index in [9.17, 15) is 4.79 Å². The van der Waals surface area contributed by atoms with Crippen LogP contribution in [0.4, 0.5) is 0 Å². The first kappa shape index (κ1) is 13.0. The van der Waals surface area contributed by atoms with Crippen molar-refractivity contribution in [3.8, 4) is 0 Å². The molecule has 1 heterocycles. The van der Waals surface area contributed by atoms with Gasteiger partial charge in [0.1, 0.15) is 0 Å². The van der Waals surface area contributed by atoms with E-state index in [0.29, 0.717) is 10.0 Å². The molecule has 1 aromatic carbocycles. The van der Waals surface area contributed by atoms with Crippen molar-refractivity contribution in [2.45, 2.75) is 32.6 Å². The maximum atomic E-state index is 11.7. The molecule has 1 amide bonds. The van der Waals surface area contributed by atoms with Crippen molar-refractivity contribution >= 4 is 34.7 Å². The summed E-state index contributed by atoms with van der Waals surface area (Å²) >= 11 is 12.4. The molecule has 1 aromatic rings. The molecule has 4 heteroatoms. The fourth-order valence-corrected chi connectivity index (χ4v) is 3.82. The zero-order valence-corrected chi connectivity index (χ0v) is 12.3. The Bertz CT molecular complexity index is 592. The average Bonchev–Trinajstić information content (AvgIpc) is 2.36. The van der Waals surface area contributed by atoms with Gasteiger partial charge in [0.05, 0.1) is 0 Å². The molecule has 1 aliphatic heterocycles. The second kappa shape index (κ2) is 4.84. The molecule has 0 atom stereocenters. The largest absolute Gasteiger partial charge is 0.316 e. The van der Waals surface area contributed by atoms with Crippen LogP contribution in [0.2, 0.25) is 10.0 Å². The summed E-state index contributed by atoms with van der Waals surface area (Å²) in [5, 5.41) is 1.40. The molecule has 0 radical (unpaired) electrons. The standard InChI is InChI=1S/C15H15Cl2NO/c1-9(19)18-6-2-3-12-14(18)5-4-10-7-11(16)8-13(17)15(10)12/h7-8H,2-6H2,1H3. The average molecular weight is 296 g/mol. The van der Waals surface area contributed by atoms with Gasteiger partial charge in [-0.05, 0) is 49.0 Å². The van der Waals surface area contributed by atoms with Crippen LogP contribution in [0.3, 0.4) is 0 Å². The van der Waals surface area contributed by atoms with Crippen LogP contribution in [0.1, 0.15) is 37.3 Å². The molecule has 2 nitrogen and oxygen atoms in total. The molecule has 0 bridgehead atoms. The normalized spacial score (nSPS) is 18.2. The number of hydrogen-bond acceptors (Lipinski definition) is 1. The highest BCUT2D eigenvalue weighted by molar-refractivity contribution is 6.36. The summed E-state index contributed by atoms with van der Waals surface area (Å²) in [5.41, 5.74) is 4.72. The third kappa shape index (κ3) is 2.17. The molecule has 3 rings (SSSR count). The summed E-state index contributed by atoms with van der Waals surface area (Å²) in [4.78, 5) is 13.7. The molecule has 100 valence electrons. The third-order valence-electron chi connectivity index (χ3n) is 3.93. The van der Waals surface area contributed by atoms with E-state index >= 15 is 0 Å². The first-order chi connectivity index (χ1) is 9.08. The van der Waals surface area contributed by atoms with Crippen LogP contribution in [-0.4, -0.2) is 17.4 Å². The van der Waals surface area contributed by atoms with Gasteiger partial charge < -0.3 is 4.90 Å². The minimum atomic E-state index is 0.126. The van der Waals surface area contributed by atoms with E-state index in [1.165, 1.54) is 11.1 Å². The molecule has 0 fully saturated rings. The molecule has 0 saturated heterocycles. The van der Waals surface area contributed by atoms with Crippen molar-refractivity contribution in [1.29, 1.82) is 0 Å². The van der Waals surface area contributed by atoms with Crippen molar-refractivity contribution in [3.63, 3.8) is 0 Å². The van der Waals surface area contributed by atoms with Crippen molar-refractivity contribution in [2.75, 3.05) is 6.54 Å². The Morgan fingerprint density at radius 3 is 2.74 bits per heavy atom. The van der Waals surface area contributed by atoms with Gasteiger partial charge in [0.25, 0.3) is 0 Å². The first-order valence-corrected chi connectivity index (χ1v) is 7.32. The van der Waals surface area contributed by atoms with Crippen molar-refractivity contribution in [1.82, 2.24) is 4.90 Å². The van der Waals surface area contributed by atoms with Crippen molar-refractivity contribution in [3.05, 3.63) is 39.0 Å². The van der Waals surface area contributed by atoms with E-state index in [2.05, 4.69) is 0 Å². The number of amides is 1. The number of carbonyl (C=O) groups is 1. The lowest BCUT2D eigenvalue weighted by Gasteiger charge is -2.35. The summed E-state index contributed by atoms with van der Waals surface area (Å²) in [6, 6.07) is 3.80. The summed E-state index contributed by atoms with van der Waals surface area (Å²) in [6.45, 7) is 2.46. The highest BCUT2D eigenvalue weighted by Gasteiger charge is 2.29. The minimum Gasteiger partial charge on any atom is -0.316 e. The van der Waals surface area contributed by atoms with Crippen LogP contribution in [-0.2, 0) is 11.2 Å². The highest BCUT2D eigenvalue weighted by atomic mass is 35.5. The Morgan fingerprint density at radius 1 is 1.21 bits per heavy atom. The van der Waals surface area contributed by atoms with E-state index in [1.54, 1.807) is 13.0 Å². The first-order valence-electron chi connectivity index (χ1n) is 6.56. The maximum Gasteiger partial charge on any atom is 0.223 e. The zero-order valence-electron chi connectivity index (χ0n) is 10.8. The Morgan fingerprint density at radius 2 is 2.00 bits per heavy atom. The number of carbonyl (C=O) groups excluding carboxylic acids is 1. The van der Waals surface area contributed by atoms with Gasteiger partial charge in [-0.25, -0.2) is 0 Å². The number of nitrogens with zero attached hydrogens (tertiary/aromatic N) is 1. The van der Waals surface area contributed by atoms with Crippen LogP contribution in [0.15, 0.2) is 17.8 Å². The van der Waals surface area contributed by atoms with E-state index < -0.39 is 0 Å². The fraction of sp³-hybridized carbons (Fsp3) is 0.400. The molecule has 0 saturated carbocycles. The van der Waals surface area contributed by atoms with Crippen LogP contribution >= 0.6 is 23.2 Å². The Labute approximate surface area is 123 Å². The summed E-state index contributed by atoms with van der Waals surface area (Å²) in [7, 11) is 0. The molecule has 0 unspecified atom stereocenters. The van der Waals surface area contributed by atoms with Crippen LogP contribution in [0.5, 0.6) is 0 Å². The van der Waals surface area contributed by atoms with E-state index in [4.69, 9.17) is 23.2 Å². The summed E-state index contributed by atoms with van der Waals surface area (Å²) < 4.78 is 0. The Balaban J connectivity index is 2.17. The monoisotopic (exact) mass is 295 g/mol. The maximum absolute atomic E-state index is 11.7. The molecule has 0 spiro atoms. The van der Waals surface area contributed by atoms with Gasteiger partial charge >= 0.3 is 0 Å². The van der Waals surface area contributed by atoms with Gasteiger partial charge in [0, 0.05) is 34.8 Å². The predicted octanol–water partition coefficient (Wildman–Crippen LogP) is 4.29. The topological polar surface area (TPSA) is 20.3 Å². The number of aryl methyl sites for hydroxylation is 1. The van der Waals surface area contributed by atoms with Gasteiger partial charge in [-0.2, -0.15) is 0 Å². The van der Waals surface area contributed by atoms with Crippen LogP contribution < -0.4 is 0 Å². The Hall–Kier alpha value is -0.990. The lowest BCUT2D eigenvalue weighted by molar-refractivity contribution is -0.127. The quantitative estimate of drug-likeness (QED) is 0.699. The van der Waals surface area contributed by atoms with Crippen molar-refractivity contribution < 1.29 is 4.79 Å². The number of fused-ring (bicyclic) bond motifs is 2. The van der Waals surface area contributed by atoms with Gasteiger partial charge in [-0.3, -0.25) is 4.79 Å². The SMILES string of the molecule is CC(=O)N1CCCC2=C1CCc1cc(Cl)cc(Cl)c12. The molecular formula is C15H15Cl2NO. The lowest BCUT2D eigenvalue weighted by Crippen LogP contribution is -2.34. The van der Waals surface area contributed by atoms with Crippen molar-refractivity contribution in [2.24, 2.45) is 0 Å². The number of rotatable bonds is 0. The predicted molar refractivity (Wildman–Crippen MR) is 78.3 cm³/mol. The smallest absolute Gasteiger partial charge is 0.223 e. The summed E-state index contributed by atoms with van der Waals surface area (Å²) in [6.07, 6.45) is 3.79. The molecular weight excluding hydrogens is 281 g/mol. The van der Waals surface area contributed by atoms with E-state index in [-0.39, 0.29) is 5.91 Å². The summed E-state index contributed by atoms with van der Waals surface area (Å²) in [5.74, 6) is 0.126. The van der Waals surface area contributed by atoms with Crippen LogP contribution in [0.25, 0.3) is 5.57 Å².